The highest BCUT2D eigenvalue weighted by atomic mass is 16.3. The van der Waals surface area contributed by atoms with Gasteiger partial charge in [-0.15, -0.1) is 0 Å². The molecular weight excluding hydrogens is 198 g/mol. The lowest BCUT2D eigenvalue weighted by Crippen LogP contribution is -2.49. The highest BCUT2D eigenvalue weighted by Gasteiger charge is 2.28. The molecule has 0 bridgehead atoms. The minimum atomic E-state index is -1.17. The zero-order chi connectivity index (χ0) is 11.3. The Morgan fingerprint density at radius 2 is 1.67 bits per heavy atom. The van der Waals surface area contributed by atoms with E-state index in [0.717, 1.165) is 0 Å². The summed E-state index contributed by atoms with van der Waals surface area (Å²) in [5, 5.41) is 30.1. The van der Waals surface area contributed by atoms with E-state index in [2.05, 4.69) is 15.3 Å². The molecule has 0 saturated heterocycles. The van der Waals surface area contributed by atoms with Crippen LogP contribution in [0.2, 0.25) is 0 Å². The molecule has 1 heterocycles. The molecule has 0 fully saturated rings. The molecule has 1 rings (SSSR count). The molecule has 0 saturated carbocycles. The Labute approximate surface area is 87.6 Å². The molecule has 1 aromatic heterocycles. The molecule has 0 unspecified atom stereocenters. The Bertz CT molecular complexity index is 307. The average Bonchev–Trinajstić information content (AvgIpc) is 2.29. The minimum Gasteiger partial charge on any atom is -0.394 e. The van der Waals surface area contributed by atoms with Gasteiger partial charge in [-0.2, -0.15) is 0 Å². The van der Waals surface area contributed by atoms with Crippen LogP contribution < -0.4 is 5.32 Å². The van der Waals surface area contributed by atoms with Gasteiger partial charge in [-0.25, -0.2) is 4.98 Å². The van der Waals surface area contributed by atoms with Crippen molar-refractivity contribution in [2.75, 3.05) is 25.1 Å². The minimum absolute atomic E-state index is 0.393. The fourth-order valence-electron chi connectivity index (χ4n) is 1.05. The topological polar surface area (TPSA) is 98.5 Å². The molecule has 84 valence electrons. The third kappa shape index (κ3) is 2.62. The molecule has 6 nitrogen and oxygen atoms in total. The van der Waals surface area contributed by atoms with Gasteiger partial charge in [0.05, 0.1) is 25.5 Å². The first kappa shape index (κ1) is 11.8. The summed E-state index contributed by atoms with van der Waals surface area (Å²) in [6.45, 7) is 0.564. The molecular formula is C9H15N3O3. The van der Waals surface area contributed by atoms with Gasteiger partial charge >= 0.3 is 0 Å². The maximum Gasteiger partial charge on any atom is 0.148 e. The van der Waals surface area contributed by atoms with Crippen LogP contribution in [0.15, 0.2) is 12.4 Å². The second-order valence-corrected chi connectivity index (χ2v) is 3.37. The molecule has 0 aliphatic carbocycles. The SMILES string of the molecule is Cc1nccnc1NC(CO)(CO)CO. The van der Waals surface area contributed by atoms with Crippen LogP contribution in [0.1, 0.15) is 5.69 Å². The van der Waals surface area contributed by atoms with E-state index in [1.807, 2.05) is 0 Å². The maximum absolute atomic E-state index is 9.10. The van der Waals surface area contributed by atoms with Gasteiger partial charge in [0.2, 0.25) is 0 Å². The van der Waals surface area contributed by atoms with Crippen LogP contribution in [-0.4, -0.2) is 50.6 Å². The third-order valence-electron chi connectivity index (χ3n) is 2.17. The highest BCUT2D eigenvalue weighted by molar-refractivity contribution is 5.41. The zero-order valence-electron chi connectivity index (χ0n) is 8.51. The standard InChI is InChI=1S/C9H15N3O3/c1-7-8(11-3-2-10-7)12-9(4-13,5-14)6-15/h2-3,13-15H,4-6H2,1H3,(H,11,12). The van der Waals surface area contributed by atoms with Crippen molar-refractivity contribution in [3.63, 3.8) is 0 Å². The lowest BCUT2D eigenvalue weighted by molar-refractivity contribution is 0.0830. The Hall–Kier alpha value is -1.24. The maximum atomic E-state index is 9.10. The number of aliphatic hydroxyl groups is 3. The van der Waals surface area contributed by atoms with E-state index >= 15 is 0 Å². The number of rotatable bonds is 5. The Balaban J connectivity index is 2.88. The van der Waals surface area contributed by atoms with Crippen LogP contribution in [0.5, 0.6) is 0 Å². The summed E-state index contributed by atoms with van der Waals surface area (Å²) in [6.07, 6.45) is 3.03. The number of anilines is 1. The summed E-state index contributed by atoms with van der Waals surface area (Å²) >= 11 is 0. The van der Waals surface area contributed by atoms with E-state index in [9.17, 15) is 0 Å². The second kappa shape index (κ2) is 5.01. The molecule has 0 aromatic carbocycles. The second-order valence-electron chi connectivity index (χ2n) is 3.37. The Morgan fingerprint density at radius 1 is 1.13 bits per heavy atom. The monoisotopic (exact) mass is 213 g/mol. The molecule has 0 amide bonds. The van der Waals surface area contributed by atoms with Crippen molar-refractivity contribution in [2.45, 2.75) is 12.5 Å². The molecule has 0 atom stereocenters. The number of aliphatic hydroxyl groups excluding tert-OH is 3. The van der Waals surface area contributed by atoms with Crippen molar-refractivity contribution >= 4 is 5.82 Å². The Kier molecular flexibility index (Phi) is 3.96. The number of aryl methyl sites for hydroxylation is 1. The molecule has 6 heteroatoms. The van der Waals surface area contributed by atoms with Crippen LogP contribution in [-0.2, 0) is 0 Å². The summed E-state index contributed by atoms with van der Waals surface area (Å²) in [4.78, 5) is 8.00. The van der Waals surface area contributed by atoms with Gasteiger partial charge in [0.25, 0.3) is 0 Å². The van der Waals surface area contributed by atoms with Crippen molar-refractivity contribution in [3.8, 4) is 0 Å². The molecule has 4 N–H and O–H groups in total. The summed E-state index contributed by atoms with van der Waals surface area (Å²) in [5.41, 5.74) is -0.530. The first-order chi connectivity index (χ1) is 7.17. The first-order valence-electron chi connectivity index (χ1n) is 4.56. The van der Waals surface area contributed by atoms with Crippen LogP contribution >= 0.6 is 0 Å². The van der Waals surface area contributed by atoms with Gasteiger partial charge in [-0.3, -0.25) is 4.98 Å². The summed E-state index contributed by atoms with van der Waals surface area (Å²) < 4.78 is 0. The smallest absolute Gasteiger partial charge is 0.148 e. The number of hydrogen-bond acceptors (Lipinski definition) is 6. The lowest BCUT2D eigenvalue weighted by Gasteiger charge is -2.29. The first-order valence-corrected chi connectivity index (χ1v) is 4.56. The van der Waals surface area contributed by atoms with Crippen LogP contribution in [0.25, 0.3) is 0 Å². The quantitative estimate of drug-likeness (QED) is 0.496. The van der Waals surface area contributed by atoms with E-state index in [4.69, 9.17) is 15.3 Å². The third-order valence-corrected chi connectivity index (χ3v) is 2.17. The van der Waals surface area contributed by atoms with Crippen LogP contribution in [0.3, 0.4) is 0 Å². The molecule has 0 aliphatic heterocycles. The summed E-state index contributed by atoms with van der Waals surface area (Å²) in [5.74, 6) is 0.439. The number of aromatic nitrogens is 2. The van der Waals surface area contributed by atoms with Crippen molar-refractivity contribution in [1.29, 1.82) is 0 Å². The van der Waals surface area contributed by atoms with E-state index in [1.54, 1.807) is 13.1 Å². The van der Waals surface area contributed by atoms with Crippen LogP contribution in [0.4, 0.5) is 5.82 Å². The summed E-state index contributed by atoms with van der Waals surface area (Å²) in [6, 6.07) is 0. The largest absolute Gasteiger partial charge is 0.394 e. The molecule has 1 aromatic rings. The number of nitrogens with one attached hydrogen (secondary N) is 1. The lowest BCUT2D eigenvalue weighted by atomic mass is 10.0. The number of hydrogen-bond donors (Lipinski definition) is 4. The van der Waals surface area contributed by atoms with Gasteiger partial charge in [-0.05, 0) is 6.92 Å². The molecule has 0 radical (unpaired) electrons. The highest BCUT2D eigenvalue weighted by Crippen LogP contribution is 2.14. The van der Waals surface area contributed by atoms with E-state index < -0.39 is 25.4 Å². The fourth-order valence-corrected chi connectivity index (χ4v) is 1.05. The molecule has 0 aliphatic rings. The van der Waals surface area contributed by atoms with Crippen LogP contribution in [0, 0.1) is 6.92 Å². The van der Waals surface area contributed by atoms with Crippen molar-refractivity contribution in [2.24, 2.45) is 0 Å². The zero-order valence-corrected chi connectivity index (χ0v) is 8.51. The van der Waals surface area contributed by atoms with Gasteiger partial charge in [0, 0.05) is 12.4 Å². The van der Waals surface area contributed by atoms with E-state index in [1.165, 1.54) is 6.20 Å². The fraction of sp³-hybridized carbons (Fsp3) is 0.556. The Morgan fingerprint density at radius 3 is 2.13 bits per heavy atom. The number of nitrogens with zero attached hydrogens (tertiary/aromatic N) is 2. The predicted molar refractivity (Wildman–Crippen MR) is 54.4 cm³/mol. The predicted octanol–water partition coefficient (Wildman–Crippen LogP) is -1.09. The van der Waals surface area contributed by atoms with Crippen molar-refractivity contribution in [1.82, 2.24) is 9.97 Å². The average molecular weight is 213 g/mol. The van der Waals surface area contributed by atoms with E-state index in [0.29, 0.717) is 11.5 Å². The molecule has 15 heavy (non-hydrogen) atoms. The van der Waals surface area contributed by atoms with Gasteiger partial charge in [-0.1, -0.05) is 0 Å². The summed E-state index contributed by atoms with van der Waals surface area (Å²) in [7, 11) is 0. The van der Waals surface area contributed by atoms with Gasteiger partial charge in [0.1, 0.15) is 11.4 Å². The molecule has 0 spiro atoms. The van der Waals surface area contributed by atoms with E-state index in [-0.39, 0.29) is 0 Å². The van der Waals surface area contributed by atoms with Crippen molar-refractivity contribution < 1.29 is 15.3 Å². The van der Waals surface area contributed by atoms with Gasteiger partial charge in [0.15, 0.2) is 0 Å². The normalized spacial score (nSPS) is 11.5. The van der Waals surface area contributed by atoms with Gasteiger partial charge < -0.3 is 20.6 Å². The van der Waals surface area contributed by atoms with Crippen molar-refractivity contribution in [3.05, 3.63) is 18.1 Å².